The summed E-state index contributed by atoms with van der Waals surface area (Å²) in [5.41, 5.74) is 0. The number of carbonyl (C=O) groups excluding carboxylic acids is 1. The van der Waals surface area contributed by atoms with E-state index in [0.717, 1.165) is 96.3 Å². The average Bonchev–Trinajstić information content (AvgIpc) is 1.25. The standard InChI is InChI=1S/C77H137NO13/c1-3-5-7-9-11-13-15-17-19-21-23-25-27-29-31-32-33-34-35-37-39-41-43-45-47-49-51-53-55-57-59-61-69(82)78-65(64-88-76-74(87)72(85)75(68(63-80)90-76)91-77-73(86)71(84)70(83)67(62-79)89-77)66(81)60-58-56-54-52-50-48-46-44-42-40-38-36-30-28-26-24-22-20-18-16-14-12-10-8-6-4-2/h5,7,11,13,17,19,23,25,29,31,33-34,37,39,65-68,70-77,79-81,83-87H,3-4,6,8-10,12,14-16,18,20-22,24,26-28,30,32,35-36,38,40-64H2,1-2H3,(H,78,82)/b7-5-,13-11-,19-17-,25-23-,31-29-,34-33-,39-37-. The second kappa shape index (κ2) is 60.8. The largest absolute Gasteiger partial charge is 0.394 e. The van der Waals surface area contributed by atoms with E-state index in [4.69, 9.17) is 18.9 Å². The first-order valence-corrected chi connectivity index (χ1v) is 37.3. The molecule has 91 heavy (non-hydrogen) atoms. The Hall–Kier alpha value is -2.83. The van der Waals surface area contributed by atoms with E-state index < -0.39 is 86.8 Å². The highest BCUT2D eigenvalue weighted by atomic mass is 16.7. The van der Waals surface area contributed by atoms with Gasteiger partial charge < -0.3 is 65.1 Å². The number of carbonyl (C=O) groups is 1. The van der Waals surface area contributed by atoms with E-state index in [1.54, 1.807) is 0 Å². The van der Waals surface area contributed by atoms with E-state index in [9.17, 15) is 45.6 Å². The molecule has 14 nitrogen and oxygen atoms in total. The van der Waals surface area contributed by atoms with Gasteiger partial charge in [0.2, 0.25) is 5.91 Å². The lowest BCUT2D eigenvalue weighted by molar-refractivity contribution is -0.359. The minimum absolute atomic E-state index is 0.213. The third-order valence-electron chi connectivity index (χ3n) is 17.9. The van der Waals surface area contributed by atoms with Crippen LogP contribution in [0.1, 0.15) is 303 Å². The van der Waals surface area contributed by atoms with Crippen molar-refractivity contribution < 1.29 is 64.6 Å². The zero-order valence-electron chi connectivity index (χ0n) is 57.6. The van der Waals surface area contributed by atoms with Crippen LogP contribution in [0.5, 0.6) is 0 Å². The van der Waals surface area contributed by atoms with Crippen LogP contribution in [0.25, 0.3) is 0 Å². The summed E-state index contributed by atoms with van der Waals surface area (Å²) in [6.45, 7) is 2.78. The van der Waals surface area contributed by atoms with Gasteiger partial charge >= 0.3 is 0 Å². The number of hydrogen-bond acceptors (Lipinski definition) is 13. The second-order valence-electron chi connectivity index (χ2n) is 26.0. The van der Waals surface area contributed by atoms with Gasteiger partial charge in [-0.2, -0.15) is 0 Å². The predicted octanol–water partition coefficient (Wildman–Crippen LogP) is 16.0. The molecule has 528 valence electrons. The first kappa shape index (κ1) is 84.3. The van der Waals surface area contributed by atoms with Crippen molar-refractivity contribution in [3.63, 3.8) is 0 Å². The third kappa shape index (κ3) is 44.5. The molecule has 0 aromatic rings. The van der Waals surface area contributed by atoms with Crippen LogP contribution in [0.4, 0.5) is 0 Å². The zero-order chi connectivity index (χ0) is 65.9. The van der Waals surface area contributed by atoms with Crippen LogP contribution in [-0.4, -0.2) is 140 Å². The molecule has 0 radical (unpaired) electrons. The van der Waals surface area contributed by atoms with Gasteiger partial charge in [-0.05, 0) is 70.6 Å². The van der Waals surface area contributed by atoms with Gasteiger partial charge in [0.25, 0.3) is 0 Å². The summed E-state index contributed by atoms with van der Waals surface area (Å²) >= 11 is 0. The minimum Gasteiger partial charge on any atom is -0.394 e. The summed E-state index contributed by atoms with van der Waals surface area (Å²) in [5, 5.41) is 87.8. The molecule has 0 saturated carbocycles. The number of aliphatic hydroxyl groups is 8. The number of ether oxygens (including phenoxy) is 4. The van der Waals surface area contributed by atoms with Crippen molar-refractivity contribution in [1.29, 1.82) is 0 Å². The molecule has 0 aliphatic carbocycles. The molecular formula is C77H137NO13. The van der Waals surface area contributed by atoms with E-state index in [2.05, 4.69) is 104 Å². The van der Waals surface area contributed by atoms with Gasteiger partial charge in [0, 0.05) is 6.42 Å². The summed E-state index contributed by atoms with van der Waals surface area (Å²) < 4.78 is 22.9. The van der Waals surface area contributed by atoms with Gasteiger partial charge in [-0.1, -0.05) is 311 Å². The van der Waals surface area contributed by atoms with Crippen LogP contribution in [0.15, 0.2) is 85.1 Å². The number of amides is 1. The third-order valence-corrected chi connectivity index (χ3v) is 17.9. The van der Waals surface area contributed by atoms with Crippen LogP contribution >= 0.6 is 0 Å². The lowest BCUT2D eigenvalue weighted by atomic mass is 9.97. The summed E-state index contributed by atoms with van der Waals surface area (Å²) in [4.78, 5) is 13.4. The van der Waals surface area contributed by atoms with E-state index in [1.165, 1.54) is 173 Å². The van der Waals surface area contributed by atoms with Crippen molar-refractivity contribution in [2.24, 2.45) is 0 Å². The second-order valence-corrected chi connectivity index (χ2v) is 26.0. The highest BCUT2D eigenvalue weighted by Crippen LogP contribution is 2.30. The van der Waals surface area contributed by atoms with Gasteiger partial charge in [-0.3, -0.25) is 4.79 Å². The number of aliphatic hydroxyl groups excluding tert-OH is 8. The number of hydrogen-bond donors (Lipinski definition) is 9. The highest BCUT2D eigenvalue weighted by molar-refractivity contribution is 5.76. The molecule has 0 spiro atoms. The molecule has 2 heterocycles. The minimum atomic E-state index is -1.79. The van der Waals surface area contributed by atoms with Gasteiger partial charge in [0.1, 0.15) is 48.8 Å². The summed E-state index contributed by atoms with van der Waals surface area (Å²) in [5.74, 6) is -0.213. The Morgan fingerprint density at radius 1 is 0.407 bits per heavy atom. The summed E-state index contributed by atoms with van der Waals surface area (Å²) in [6.07, 6.45) is 67.4. The molecule has 12 unspecified atom stereocenters. The first-order valence-electron chi connectivity index (χ1n) is 37.3. The molecule has 0 aromatic heterocycles. The Labute approximate surface area is 554 Å². The topological polar surface area (TPSA) is 228 Å². The zero-order valence-corrected chi connectivity index (χ0v) is 57.6. The molecule has 9 N–H and O–H groups in total. The van der Waals surface area contributed by atoms with Crippen molar-refractivity contribution in [3.8, 4) is 0 Å². The summed E-state index contributed by atoms with van der Waals surface area (Å²) in [6, 6.07) is -0.839. The lowest BCUT2D eigenvalue weighted by Crippen LogP contribution is -2.65. The number of allylic oxidation sites excluding steroid dienone is 14. The van der Waals surface area contributed by atoms with Gasteiger partial charge in [-0.15, -0.1) is 0 Å². The fraction of sp³-hybridized carbons (Fsp3) is 0.805. The van der Waals surface area contributed by atoms with E-state index in [-0.39, 0.29) is 12.5 Å². The molecule has 2 aliphatic heterocycles. The Morgan fingerprint density at radius 3 is 1.16 bits per heavy atom. The molecule has 12 atom stereocenters. The van der Waals surface area contributed by atoms with Crippen molar-refractivity contribution in [1.82, 2.24) is 5.32 Å². The highest BCUT2D eigenvalue weighted by Gasteiger charge is 2.51. The quantitative estimate of drug-likeness (QED) is 0.0204. The maximum atomic E-state index is 13.4. The fourth-order valence-electron chi connectivity index (χ4n) is 12.0. The predicted molar refractivity (Wildman–Crippen MR) is 373 cm³/mol. The Bertz CT molecular complexity index is 1850. The van der Waals surface area contributed by atoms with E-state index in [0.29, 0.717) is 19.3 Å². The van der Waals surface area contributed by atoms with Crippen molar-refractivity contribution in [3.05, 3.63) is 85.1 Å². The maximum Gasteiger partial charge on any atom is 0.220 e. The Balaban J connectivity index is 1.66. The van der Waals surface area contributed by atoms with Gasteiger partial charge in [0.15, 0.2) is 12.6 Å². The molecule has 2 aliphatic rings. The fourth-order valence-corrected chi connectivity index (χ4v) is 12.0. The molecule has 2 rings (SSSR count). The van der Waals surface area contributed by atoms with Crippen molar-refractivity contribution in [2.45, 2.75) is 376 Å². The average molecular weight is 1280 g/mol. The van der Waals surface area contributed by atoms with Crippen molar-refractivity contribution in [2.75, 3.05) is 19.8 Å². The monoisotopic (exact) mass is 1280 g/mol. The molecule has 0 aromatic carbocycles. The van der Waals surface area contributed by atoms with Crippen LogP contribution < -0.4 is 5.32 Å². The molecular weight excluding hydrogens is 1150 g/mol. The Kier molecular flexibility index (Phi) is 56.3. The van der Waals surface area contributed by atoms with Crippen LogP contribution in [-0.2, 0) is 23.7 Å². The number of rotatable bonds is 61. The van der Waals surface area contributed by atoms with Gasteiger partial charge in [-0.25, -0.2) is 0 Å². The van der Waals surface area contributed by atoms with Crippen LogP contribution in [0.2, 0.25) is 0 Å². The number of nitrogens with one attached hydrogen (secondary N) is 1. The van der Waals surface area contributed by atoms with E-state index >= 15 is 0 Å². The Morgan fingerprint density at radius 2 is 0.758 bits per heavy atom. The SMILES string of the molecule is CC/C=C\C/C=C\C/C=C\C/C=C\C/C=C\C/C=C\C/C=C\CCCCCCCCCCCC(=O)NC(COC1OC(CO)C(OC2OC(CO)C(O)C(O)C2O)C(O)C1O)C(O)CCCCCCCCCCCCCCCCCCCCCCCCCCCC. The lowest BCUT2D eigenvalue weighted by Gasteiger charge is -2.46. The maximum absolute atomic E-state index is 13.4. The molecule has 2 saturated heterocycles. The normalized spacial score (nSPS) is 23.3. The van der Waals surface area contributed by atoms with E-state index in [1.807, 2.05) is 0 Å². The first-order chi connectivity index (χ1) is 44.6. The van der Waals surface area contributed by atoms with Gasteiger partial charge in [0.05, 0.1) is 32.0 Å². The van der Waals surface area contributed by atoms with Crippen LogP contribution in [0, 0.1) is 0 Å². The number of unbranched alkanes of at least 4 members (excludes halogenated alkanes) is 34. The smallest absolute Gasteiger partial charge is 0.220 e. The van der Waals surface area contributed by atoms with Crippen molar-refractivity contribution >= 4 is 5.91 Å². The molecule has 2 fully saturated rings. The molecule has 0 bridgehead atoms. The summed E-state index contributed by atoms with van der Waals surface area (Å²) in [7, 11) is 0. The molecule has 14 heteroatoms. The molecule has 1 amide bonds. The van der Waals surface area contributed by atoms with Crippen LogP contribution in [0.3, 0.4) is 0 Å².